The Balaban J connectivity index is 1.40. The van der Waals surface area contributed by atoms with Gasteiger partial charge in [0.15, 0.2) is 0 Å². The van der Waals surface area contributed by atoms with Crippen LogP contribution in [-0.2, 0) is 14.3 Å². The molecule has 0 amide bonds. The highest BCUT2D eigenvalue weighted by Gasteiger charge is 2.43. The molecule has 2 fully saturated rings. The summed E-state index contributed by atoms with van der Waals surface area (Å²) in [6.45, 7) is 2.85. The van der Waals surface area contributed by atoms with Crippen LogP contribution in [0.2, 0.25) is 0 Å². The van der Waals surface area contributed by atoms with E-state index in [4.69, 9.17) is 9.47 Å². The van der Waals surface area contributed by atoms with Crippen molar-refractivity contribution in [1.29, 1.82) is 0 Å². The molecule has 3 unspecified atom stereocenters. The van der Waals surface area contributed by atoms with Gasteiger partial charge in [0.2, 0.25) is 0 Å². The topological polar surface area (TPSA) is 38.8 Å². The fourth-order valence-corrected chi connectivity index (χ4v) is 3.15. The fraction of sp³-hybridized carbons (Fsp3) is 0.941. The second-order valence-electron chi connectivity index (χ2n) is 6.45. The van der Waals surface area contributed by atoms with Crippen molar-refractivity contribution in [3.05, 3.63) is 0 Å². The molecule has 0 bridgehead atoms. The minimum Gasteiger partial charge on any atom is -0.465 e. The van der Waals surface area contributed by atoms with Gasteiger partial charge < -0.3 is 9.47 Å². The highest BCUT2D eigenvalue weighted by molar-refractivity contribution is 5.69. The van der Waals surface area contributed by atoms with Gasteiger partial charge in [-0.15, -0.1) is 0 Å². The van der Waals surface area contributed by atoms with Gasteiger partial charge in [0.25, 0.3) is 0 Å². The lowest BCUT2D eigenvalue weighted by molar-refractivity contribution is -0.145. The van der Waals surface area contributed by atoms with E-state index in [9.17, 15) is 4.79 Å². The van der Waals surface area contributed by atoms with Gasteiger partial charge in [-0.1, -0.05) is 45.4 Å². The minimum absolute atomic E-state index is 0.00241. The fourth-order valence-electron chi connectivity index (χ4n) is 3.15. The molecule has 20 heavy (non-hydrogen) atoms. The molecule has 3 atom stereocenters. The molecule has 0 N–H and O–H groups in total. The Morgan fingerprint density at radius 3 is 2.55 bits per heavy atom. The number of unbranched alkanes of at least 4 members (excludes halogenated alkanes) is 6. The van der Waals surface area contributed by atoms with E-state index in [1.165, 1.54) is 38.5 Å². The molecular formula is C17H30O3. The van der Waals surface area contributed by atoms with Crippen LogP contribution in [0, 0.1) is 5.92 Å². The molecule has 116 valence electrons. The third kappa shape index (κ3) is 5.82. The molecule has 1 aliphatic carbocycles. The van der Waals surface area contributed by atoms with Crippen molar-refractivity contribution in [2.45, 2.75) is 89.8 Å². The summed E-state index contributed by atoms with van der Waals surface area (Å²) >= 11 is 0. The Morgan fingerprint density at radius 2 is 1.80 bits per heavy atom. The zero-order valence-corrected chi connectivity index (χ0v) is 12.9. The highest BCUT2D eigenvalue weighted by Crippen LogP contribution is 2.39. The van der Waals surface area contributed by atoms with Crippen LogP contribution in [0.4, 0.5) is 0 Å². The number of hydrogen-bond acceptors (Lipinski definition) is 3. The summed E-state index contributed by atoms with van der Waals surface area (Å²) in [4.78, 5) is 11.7. The van der Waals surface area contributed by atoms with Crippen LogP contribution in [0.15, 0.2) is 0 Å². The van der Waals surface area contributed by atoms with Crippen LogP contribution in [0.25, 0.3) is 0 Å². The summed E-state index contributed by atoms with van der Waals surface area (Å²) in [5, 5.41) is 0. The van der Waals surface area contributed by atoms with Crippen molar-refractivity contribution in [2.24, 2.45) is 5.92 Å². The van der Waals surface area contributed by atoms with Crippen molar-refractivity contribution >= 4 is 5.97 Å². The van der Waals surface area contributed by atoms with E-state index < -0.39 is 0 Å². The predicted molar refractivity (Wildman–Crippen MR) is 79.6 cm³/mol. The summed E-state index contributed by atoms with van der Waals surface area (Å²) in [7, 11) is 0. The molecule has 2 aliphatic rings. The number of hydrogen-bond donors (Lipinski definition) is 0. The van der Waals surface area contributed by atoms with E-state index >= 15 is 0 Å². The van der Waals surface area contributed by atoms with E-state index in [0.29, 0.717) is 31.2 Å². The maximum atomic E-state index is 11.7. The van der Waals surface area contributed by atoms with Crippen molar-refractivity contribution in [3.8, 4) is 0 Å². The predicted octanol–water partition coefficient (Wildman–Crippen LogP) is 4.24. The first-order valence-electron chi connectivity index (χ1n) is 8.60. The molecule has 0 aromatic rings. The van der Waals surface area contributed by atoms with Crippen LogP contribution in [0.1, 0.15) is 77.6 Å². The van der Waals surface area contributed by atoms with Gasteiger partial charge in [0, 0.05) is 6.42 Å². The molecule has 0 aromatic heterocycles. The summed E-state index contributed by atoms with van der Waals surface area (Å²) < 4.78 is 10.9. The molecule has 2 rings (SSSR count). The van der Waals surface area contributed by atoms with Gasteiger partial charge in [0.05, 0.1) is 18.8 Å². The lowest BCUT2D eigenvalue weighted by Gasteiger charge is -2.18. The van der Waals surface area contributed by atoms with Gasteiger partial charge in [-0.2, -0.15) is 0 Å². The Bertz CT molecular complexity index is 290. The summed E-state index contributed by atoms with van der Waals surface area (Å²) in [5.41, 5.74) is 0. The third-order valence-electron chi connectivity index (χ3n) is 4.58. The third-order valence-corrected chi connectivity index (χ3v) is 4.58. The number of carbonyl (C=O) groups excluding carboxylic acids is 1. The van der Waals surface area contributed by atoms with Crippen LogP contribution in [0.5, 0.6) is 0 Å². The number of ether oxygens (including phenoxy) is 2. The second kappa shape index (κ2) is 8.66. The van der Waals surface area contributed by atoms with Crippen LogP contribution < -0.4 is 0 Å². The van der Waals surface area contributed by atoms with E-state index in [-0.39, 0.29) is 5.97 Å². The average molecular weight is 282 g/mol. The number of rotatable bonds is 10. The lowest BCUT2D eigenvalue weighted by Crippen LogP contribution is -2.20. The molecule has 1 heterocycles. The summed E-state index contributed by atoms with van der Waals surface area (Å²) in [6.07, 6.45) is 13.7. The number of fused-ring (bicyclic) bond motifs is 1. The highest BCUT2D eigenvalue weighted by atomic mass is 16.6. The zero-order valence-electron chi connectivity index (χ0n) is 12.9. The van der Waals surface area contributed by atoms with Crippen molar-refractivity contribution in [2.75, 3.05) is 6.61 Å². The first-order chi connectivity index (χ1) is 9.79. The van der Waals surface area contributed by atoms with E-state index in [1.807, 2.05) is 0 Å². The zero-order chi connectivity index (χ0) is 14.2. The maximum Gasteiger partial charge on any atom is 0.305 e. The molecule has 1 aliphatic heterocycles. The monoisotopic (exact) mass is 282 g/mol. The van der Waals surface area contributed by atoms with Crippen LogP contribution in [0.3, 0.4) is 0 Å². The van der Waals surface area contributed by atoms with E-state index in [0.717, 1.165) is 25.7 Å². The molecule has 0 aromatic carbocycles. The minimum atomic E-state index is -0.00241. The van der Waals surface area contributed by atoms with Gasteiger partial charge >= 0.3 is 5.97 Å². The molecule has 3 nitrogen and oxygen atoms in total. The number of esters is 1. The van der Waals surface area contributed by atoms with Crippen molar-refractivity contribution < 1.29 is 14.3 Å². The Kier molecular flexibility index (Phi) is 6.85. The molecule has 3 heteroatoms. The Hall–Kier alpha value is -0.570. The van der Waals surface area contributed by atoms with Gasteiger partial charge in [-0.25, -0.2) is 0 Å². The van der Waals surface area contributed by atoms with E-state index in [2.05, 4.69) is 6.92 Å². The van der Waals surface area contributed by atoms with Crippen molar-refractivity contribution in [1.82, 2.24) is 0 Å². The molecule has 0 radical (unpaired) electrons. The average Bonchev–Trinajstić information content (AvgIpc) is 3.22. The first kappa shape index (κ1) is 15.8. The van der Waals surface area contributed by atoms with Crippen molar-refractivity contribution in [3.63, 3.8) is 0 Å². The molecular weight excluding hydrogens is 252 g/mol. The van der Waals surface area contributed by atoms with Gasteiger partial charge in [-0.3, -0.25) is 4.79 Å². The number of epoxide rings is 1. The lowest BCUT2D eigenvalue weighted by atomic mass is 9.90. The normalized spacial score (nSPS) is 27.9. The Labute approximate surface area is 123 Å². The van der Waals surface area contributed by atoms with E-state index in [1.54, 1.807) is 0 Å². The quantitative estimate of drug-likeness (QED) is 0.342. The number of carbonyl (C=O) groups is 1. The van der Waals surface area contributed by atoms with Crippen LogP contribution >= 0.6 is 0 Å². The standard InChI is InChI=1S/C17H30O3/c1-2-3-4-5-6-7-8-9-17(18)19-13-14-10-11-15-16(12-14)20-15/h14-16H,2-13H2,1H3. The SMILES string of the molecule is CCCCCCCCCC(=O)OCC1CCC2OC2C1. The molecule has 1 saturated heterocycles. The molecule has 1 saturated carbocycles. The maximum absolute atomic E-state index is 11.7. The molecule has 0 spiro atoms. The largest absolute Gasteiger partial charge is 0.465 e. The smallest absolute Gasteiger partial charge is 0.305 e. The van der Waals surface area contributed by atoms with Crippen LogP contribution in [-0.4, -0.2) is 24.8 Å². The van der Waals surface area contributed by atoms with Gasteiger partial charge in [-0.05, 0) is 31.6 Å². The summed E-state index contributed by atoms with van der Waals surface area (Å²) in [6, 6.07) is 0. The first-order valence-corrected chi connectivity index (χ1v) is 8.60. The summed E-state index contributed by atoms with van der Waals surface area (Å²) in [5.74, 6) is 0.536. The van der Waals surface area contributed by atoms with Gasteiger partial charge in [0.1, 0.15) is 0 Å². The second-order valence-corrected chi connectivity index (χ2v) is 6.45. The Morgan fingerprint density at radius 1 is 1.05 bits per heavy atom.